The summed E-state index contributed by atoms with van der Waals surface area (Å²) in [6.07, 6.45) is -3.40. The number of urea groups is 1. The number of pyridine rings is 1. The lowest BCUT2D eigenvalue weighted by atomic mass is 10.2. The molecule has 0 spiro atoms. The van der Waals surface area contributed by atoms with E-state index in [1.807, 2.05) is 0 Å². The highest BCUT2D eigenvalue weighted by atomic mass is 35.5. The quantitative estimate of drug-likeness (QED) is 0.428. The number of alkyl halides is 3. The minimum atomic E-state index is -4.71. The van der Waals surface area contributed by atoms with Gasteiger partial charge in [-0.3, -0.25) is 9.78 Å². The first kappa shape index (κ1) is 26.4. The highest BCUT2D eigenvalue weighted by Gasteiger charge is 2.33. The van der Waals surface area contributed by atoms with Gasteiger partial charge in [0.25, 0.3) is 5.91 Å². The summed E-state index contributed by atoms with van der Waals surface area (Å²) in [5, 5.41) is 3.85. The molecule has 0 atom stereocenters. The average molecular weight is 501 g/mol. The molecule has 1 aromatic heterocycles. The molecule has 0 aliphatic heterocycles. The third kappa shape index (κ3) is 6.11. The second-order valence-electron chi connectivity index (χ2n) is 6.66. The Morgan fingerprint density at radius 3 is 2.41 bits per heavy atom. The Balaban J connectivity index is 0.00000408. The van der Waals surface area contributed by atoms with Crippen LogP contribution in [0.25, 0.3) is 0 Å². The number of hydrogen-bond donors (Lipinski definition) is 3. The van der Waals surface area contributed by atoms with Crippen LogP contribution in [-0.2, 0) is 6.18 Å². The molecular formula is C21H17ClF4N4O4. The number of hydrogen-bond acceptors (Lipinski definition) is 4. The average Bonchev–Trinajstić information content (AvgIpc) is 2.72. The molecule has 34 heavy (non-hydrogen) atoms. The lowest BCUT2D eigenvalue weighted by Crippen LogP contribution is -2.20. The molecule has 1 heterocycles. The second kappa shape index (κ2) is 10.4. The molecule has 3 rings (SSSR count). The van der Waals surface area contributed by atoms with Crippen molar-refractivity contribution in [3.63, 3.8) is 0 Å². The van der Waals surface area contributed by atoms with Crippen molar-refractivity contribution in [2.45, 2.75) is 13.1 Å². The maximum absolute atomic E-state index is 14.5. The molecule has 2 aromatic carbocycles. The first-order chi connectivity index (χ1) is 15.5. The Hall–Kier alpha value is -3.90. The first-order valence-corrected chi connectivity index (χ1v) is 9.51. The number of nitrogens with zero attached hydrogens (tertiary/aromatic N) is 1. The van der Waals surface area contributed by atoms with Crippen molar-refractivity contribution in [1.82, 2.24) is 4.98 Å². The number of primary amides is 1. The monoisotopic (exact) mass is 500 g/mol. The Labute approximate surface area is 195 Å². The van der Waals surface area contributed by atoms with Crippen molar-refractivity contribution in [2.75, 3.05) is 10.6 Å². The van der Waals surface area contributed by atoms with Crippen LogP contribution in [0.2, 0.25) is 5.02 Å². The minimum absolute atomic E-state index is 0. The van der Waals surface area contributed by atoms with Crippen LogP contribution in [0.1, 0.15) is 21.6 Å². The van der Waals surface area contributed by atoms with Crippen LogP contribution in [0.3, 0.4) is 0 Å². The molecule has 3 aromatic rings. The number of ether oxygens (including phenoxy) is 1. The van der Waals surface area contributed by atoms with E-state index in [0.29, 0.717) is 11.6 Å². The van der Waals surface area contributed by atoms with Gasteiger partial charge in [-0.05, 0) is 43.3 Å². The smallest absolute Gasteiger partial charge is 0.417 e. The summed E-state index contributed by atoms with van der Waals surface area (Å²) in [7, 11) is 0. The zero-order chi connectivity index (χ0) is 24.3. The van der Waals surface area contributed by atoms with E-state index >= 15 is 0 Å². The summed E-state index contributed by atoms with van der Waals surface area (Å²) >= 11 is 5.54. The number of carbonyl (C=O) groups is 2. The van der Waals surface area contributed by atoms with Gasteiger partial charge in [-0.25, -0.2) is 9.18 Å². The predicted molar refractivity (Wildman–Crippen MR) is 117 cm³/mol. The SMILES string of the molecule is Cc1c(Oc2ccc(NC(=O)Nc3ccc(Cl)c(C(F)(F)F)c3)c(F)c2)ccnc1C(N)=O.O. The molecule has 0 radical (unpaired) electrons. The fraction of sp³-hybridized carbons (Fsp3) is 0.0952. The van der Waals surface area contributed by atoms with Crippen LogP contribution >= 0.6 is 11.6 Å². The number of halogens is 5. The summed E-state index contributed by atoms with van der Waals surface area (Å²) in [5.74, 6) is -1.36. The summed E-state index contributed by atoms with van der Waals surface area (Å²) in [6.45, 7) is 1.56. The summed E-state index contributed by atoms with van der Waals surface area (Å²) in [5.41, 5.74) is 4.02. The molecule has 0 aliphatic rings. The van der Waals surface area contributed by atoms with E-state index < -0.39 is 34.5 Å². The van der Waals surface area contributed by atoms with Crippen LogP contribution in [-0.4, -0.2) is 22.4 Å². The fourth-order valence-corrected chi connectivity index (χ4v) is 2.99. The van der Waals surface area contributed by atoms with Crippen molar-refractivity contribution in [1.29, 1.82) is 0 Å². The minimum Gasteiger partial charge on any atom is -0.457 e. The van der Waals surface area contributed by atoms with Crippen LogP contribution in [0, 0.1) is 12.7 Å². The van der Waals surface area contributed by atoms with Gasteiger partial charge in [0.15, 0.2) is 0 Å². The van der Waals surface area contributed by atoms with Crippen LogP contribution in [0.4, 0.5) is 33.7 Å². The number of benzene rings is 2. The van der Waals surface area contributed by atoms with E-state index in [1.54, 1.807) is 6.92 Å². The van der Waals surface area contributed by atoms with Crippen molar-refractivity contribution in [2.24, 2.45) is 5.73 Å². The predicted octanol–water partition coefficient (Wildman–Crippen LogP) is 4.91. The number of nitrogens with one attached hydrogen (secondary N) is 2. The largest absolute Gasteiger partial charge is 0.457 e. The molecule has 0 aliphatic carbocycles. The van der Waals surface area contributed by atoms with Gasteiger partial charge in [0.05, 0.1) is 16.3 Å². The molecule has 6 N–H and O–H groups in total. The van der Waals surface area contributed by atoms with Gasteiger partial charge in [0, 0.05) is 23.5 Å². The van der Waals surface area contributed by atoms with Crippen LogP contribution in [0.5, 0.6) is 11.5 Å². The van der Waals surface area contributed by atoms with Crippen molar-refractivity contribution >= 4 is 34.9 Å². The van der Waals surface area contributed by atoms with Gasteiger partial charge in [-0.15, -0.1) is 0 Å². The number of amides is 3. The van der Waals surface area contributed by atoms with E-state index in [9.17, 15) is 27.2 Å². The van der Waals surface area contributed by atoms with Crippen molar-refractivity contribution in [3.8, 4) is 11.5 Å². The van der Waals surface area contributed by atoms with Gasteiger partial charge in [-0.2, -0.15) is 13.2 Å². The second-order valence-corrected chi connectivity index (χ2v) is 7.07. The Kier molecular flexibility index (Phi) is 8.03. The van der Waals surface area contributed by atoms with Crippen LogP contribution in [0.15, 0.2) is 48.7 Å². The fourth-order valence-electron chi connectivity index (χ4n) is 2.77. The normalized spacial score (nSPS) is 10.8. The molecule has 0 saturated heterocycles. The molecule has 3 amide bonds. The van der Waals surface area contributed by atoms with Gasteiger partial charge in [0.2, 0.25) is 0 Å². The number of nitrogens with two attached hydrogens (primary N) is 1. The van der Waals surface area contributed by atoms with E-state index in [4.69, 9.17) is 22.1 Å². The Morgan fingerprint density at radius 2 is 1.79 bits per heavy atom. The number of rotatable bonds is 5. The number of aromatic nitrogens is 1. The molecular weight excluding hydrogens is 484 g/mol. The standard InChI is InChI=1S/C21H15ClF4N4O3.H2O/c1-10-17(6-7-28-18(10)19(27)31)33-12-3-5-16(15(23)9-12)30-20(32)29-11-2-4-14(22)13(8-11)21(24,25)26;/h2-9H,1H3,(H2,27,31)(H2,29,30,32);1H2. The Morgan fingerprint density at radius 1 is 1.09 bits per heavy atom. The zero-order valence-corrected chi connectivity index (χ0v) is 18.0. The van der Waals surface area contributed by atoms with Gasteiger partial charge >= 0.3 is 12.2 Å². The van der Waals surface area contributed by atoms with Gasteiger partial charge < -0.3 is 26.6 Å². The summed E-state index contributed by atoms with van der Waals surface area (Å²) < 4.78 is 58.9. The van der Waals surface area contributed by atoms with Crippen molar-refractivity contribution < 1.29 is 37.4 Å². The van der Waals surface area contributed by atoms with Crippen molar-refractivity contribution in [3.05, 3.63) is 76.3 Å². The third-order valence-electron chi connectivity index (χ3n) is 4.33. The first-order valence-electron chi connectivity index (χ1n) is 9.13. The number of anilines is 2. The highest BCUT2D eigenvalue weighted by molar-refractivity contribution is 6.31. The topological polar surface area (TPSA) is 138 Å². The van der Waals surface area contributed by atoms with E-state index in [0.717, 1.165) is 12.1 Å². The lowest BCUT2D eigenvalue weighted by Gasteiger charge is -2.13. The summed E-state index contributed by atoms with van der Waals surface area (Å²) in [6, 6.07) is 6.80. The zero-order valence-electron chi connectivity index (χ0n) is 17.3. The Bertz CT molecular complexity index is 1240. The van der Waals surface area contributed by atoms with Crippen LogP contribution < -0.4 is 21.1 Å². The van der Waals surface area contributed by atoms with E-state index in [1.165, 1.54) is 30.5 Å². The summed E-state index contributed by atoms with van der Waals surface area (Å²) in [4.78, 5) is 27.3. The molecule has 0 bridgehead atoms. The molecule has 13 heteroatoms. The molecule has 8 nitrogen and oxygen atoms in total. The lowest BCUT2D eigenvalue weighted by molar-refractivity contribution is -0.137. The molecule has 0 saturated carbocycles. The maximum Gasteiger partial charge on any atom is 0.417 e. The highest BCUT2D eigenvalue weighted by Crippen LogP contribution is 2.36. The molecule has 0 fully saturated rings. The van der Waals surface area contributed by atoms with E-state index in [-0.39, 0.29) is 34.0 Å². The maximum atomic E-state index is 14.5. The van der Waals surface area contributed by atoms with Gasteiger partial charge in [0.1, 0.15) is 23.0 Å². The molecule has 0 unspecified atom stereocenters. The number of carbonyl (C=O) groups excluding carboxylic acids is 2. The third-order valence-corrected chi connectivity index (χ3v) is 4.66. The van der Waals surface area contributed by atoms with Gasteiger partial charge in [-0.1, -0.05) is 11.6 Å². The van der Waals surface area contributed by atoms with E-state index in [2.05, 4.69) is 15.6 Å². The molecule has 180 valence electrons.